The van der Waals surface area contributed by atoms with Crippen LogP contribution in [0, 0.1) is 11.3 Å². The van der Waals surface area contributed by atoms with Crippen molar-refractivity contribution in [3.63, 3.8) is 0 Å². The van der Waals surface area contributed by atoms with E-state index in [1.54, 1.807) is 0 Å². The third-order valence-electron chi connectivity index (χ3n) is 5.28. The highest BCUT2D eigenvalue weighted by Crippen LogP contribution is 2.35. The second kappa shape index (κ2) is 10.5. The van der Waals surface area contributed by atoms with E-state index in [9.17, 15) is 0 Å². The summed E-state index contributed by atoms with van der Waals surface area (Å²) >= 11 is 6.25. The Morgan fingerprint density at radius 1 is 1.14 bits per heavy atom. The van der Waals surface area contributed by atoms with Crippen LogP contribution in [-0.2, 0) is 16.7 Å². The molecule has 1 saturated heterocycles. The Labute approximate surface area is 172 Å². The van der Waals surface area contributed by atoms with Crippen LogP contribution < -0.4 is 10.1 Å². The number of nitriles is 1. The maximum absolute atomic E-state index is 8.60. The fourth-order valence-corrected chi connectivity index (χ4v) is 3.87. The minimum absolute atomic E-state index is 0.0502. The zero-order valence-corrected chi connectivity index (χ0v) is 16.9. The van der Waals surface area contributed by atoms with Crippen LogP contribution in [0.25, 0.3) is 0 Å². The maximum Gasteiger partial charge on any atom is 0.119 e. The Morgan fingerprint density at radius 3 is 2.75 bits per heavy atom. The van der Waals surface area contributed by atoms with E-state index in [4.69, 9.17) is 26.3 Å². The molecule has 0 unspecified atom stereocenters. The molecule has 0 atom stereocenters. The lowest BCUT2D eigenvalue weighted by molar-refractivity contribution is 0.0498. The van der Waals surface area contributed by atoms with Crippen LogP contribution in [-0.4, -0.2) is 26.4 Å². The van der Waals surface area contributed by atoms with Crippen LogP contribution in [0.15, 0.2) is 48.5 Å². The van der Waals surface area contributed by atoms with Gasteiger partial charge in [-0.1, -0.05) is 35.9 Å². The molecule has 1 aliphatic rings. The summed E-state index contributed by atoms with van der Waals surface area (Å²) in [5.74, 6) is 0.855. The molecular weight excluding hydrogens is 372 g/mol. The van der Waals surface area contributed by atoms with Gasteiger partial charge < -0.3 is 14.8 Å². The molecule has 0 radical (unpaired) electrons. The molecule has 3 rings (SSSR count). The Kier molecular flexibility index (Phi) is 7.73. The van der Waals surface area contributed by atoms with Gasteiger partial charge in [0.25, 0.3) is 0 Å². The lowest BCUT2D eigenvalue weighted by Crippen LogP contribution is -2.42. The average molecular weight is 399 g/mol. The maximum atomic E-state index is 8.60. The number of halogens is 1. The number of ether oxygens (including phenoxy) is 2. The van der Waals surface area contributed by atoms with Gasteiger partial charge in [-0.2, -0.15) is 5.26 Å². The number of benzene rings is 2. The summed E-state index contributed by atoms with van der Waals surface area (Å²) in [6.07, 6.45) is 3.25. The Hall–Kier alpha value is -2.06. The molecule has 2 aromatic rings. The topological polar surface area (TPSA) is 54.3 Å². The van der Waals surface area contributed by atoms with Gasteiger partial charge in [0.05, 0.1) is 12.7 Å². The molecule has 0 amide bonds. The predicted octanol–water partition coefficient (Wildman–Crippen LogP) is 4.86. The molecule has 1 aliphatic heterocycles. The van der Waals surface area contributed by atoms with Crippen molar-refractivity contribution < 1.29 is 9.47 Å². The number of rotatable bonds is 9. The van der Waals surface area contributed by atoms with Gasteiger partial charge in [0.2, 0.25) is 0 Å². The Balaban J connectivity index is 1.59. The predicted molar refractivity (Wildman–Crippen MR) is 112 cm³/mol. The van der Waals surface area contributed by atoms with Gasteiger partial charge in [-0.15, -0.1) is 0 Å². The van der Waals surface area contributed by atoms with E-state index >= 15 is 0 Å². The first kappa shape index (κ1) is 20.7. The van der Waals surface area contributed by atoms with E-state index in [1.807, 2.05) is 24.3 Å². The van der Waals surface area contributed by atoms with E-state index < -0.39 is 0 Å². The fourth-order valence-electron chi connectivity index (χ4n) is 3.68. The Morgan fingerprint density at radius 2 is 1.96 bits per heavy atom. The molecule has 1 heterocycles. The van der Waals surface area contributed by atoms with Crippen molar-refractivity contribution in [2.75, 3.05) is 26.4 Å². The monoisotopic (exact) mass is 398 g/mol. The lowest BCUT2D eigenvalue weighted by atomic mass is 9.74. The second-order valence-corrected chi connectivity index (χ2v) is 7.70. The molecule has 2 aromatic carbocycles. The van der Waals surface area contributed by atoms with Gasteiger partial charge in [0.1, 0.15) is 5.75 Å². The van der Waals surface area contributed by atoms with Crippen LogP contribution in [0.1, 0.15) is 36.8 Å². The van der Waals surface area contributed by atoms with Gasteiger partial charge in [0.15, 0.2) is 0 Å². The molecule has 0 spiro atoms. The molecule has 0 aliphatic carbocycles. The normalized spacial score (nSPS) is 15.7. The Bertz CT molecular complexity index is 797. The highest BCUT2D eigenvalue weighted by molar-refractivity contribution is 6.30. The van der Waals surface area contributed by atoms with Gasteiger partial charge in [-0.05, 0) is 54.7 Å². The second-order valence-electron chi connectivity index (χ2n) is 7.26. The van der Waals surface area contributed by atoms with Crippen LogP contribution in [0.2, 0.25) is 5.02 Å². The quantitative estimate of drug-likeness (QED) is 0.613. The fraction of sp³-hybridized carbons (Fsp3) is 0.435. The van der Waals surface area contributed by atoms with E-state index in [1.165, 1.54) is 11.1 Å². The van der Waals surface area contributed by atoms with Crippen molar-refractivity contribution in [3.8, 4) is 11.8 Å². The van der Waals surface area contributed by atoms with Crippen LogP contribution in [0.3, 0.4) is 0 Å². The summed E-state index contributed by atoms with van der Waals surface area (Å²) in [7, 11) is 0. The van der Waals surface area contributed by atoms with Crippen LogP contribution in [0.4, 0.5) is 0 Å². The SMILES string of the molecule is N#CCCCOc1cccc(CNCC2(c3cccc(Cl)c3)CCOCC2)c1. The summed E-state index contributed by atoms with van der Waals surface area (Å²) in [4.78, 5) is 0. The summed E-state index contributed by atoms with van der Waals surface area (Å²) in [6.45, 7) is 3.78. The summed E-state index contributed by atoms with van der Waals surface area (Å²) < 4.78 is 11.4. The molecule has 0 bridgehead atoms. The highest BCUT2D eigenvalue weighted by Gasteiger charge is 2.34. The number of nitrogens with one attached hydrogen (secondary N) is 1. The summed E-state index contributed by atoms with van der Waals surface area (Å²) in [5.41, 5.74) is 2.52. The molecule has 0 aromatic heterocycles. The average Bonchev–Trinajstić information content (AvgIpc) is 2.72. The van der Waals surface area contributed by atoms with Gasteiger partial charge >= 0.3 is 0 Å². The largest absolute Gasteiger partial charge is 0.494 e. The molecule has 4 nitrogen and oxygen atoms in total. The van der Waals surface area contributed by atoms with E-state index in [2.05, 4.69) is 35.7 Å². The van der Waals surface area contributed by atoms with Crippen molar-refractivity contribution in [1.82, 2.24) is 5.32 Å². The first-order valence-electron chi connectivity index (χ1n) is 9.85. The number of nitrogens with zero attached hydrogens (tertiary/aromatic N) is 1. The first-order chi connectivity index (χ1) is 13.7. The lowest BCUT2D eigenvalue weighted by Gasteiger charge is -2.38. The van der Waals surface area contributed by atoms with Gasteiger partial charge in [0, 0.05) is 43.2 Å². The third kappa shape index (κ3) is 5.72. The zero-order valence-electron chi connectivity index (χ0n) is 16.1. The van der Waals surface area contributed by atoms with Crippen LogP contribution in [0.5, 0.6) is 5.75 Å². The van der Waals surface area contributed by atoms with Crippen molar-refractivity contribution in [3.05, 3.63) is 64.7 Å². The van der Waals surface area contributed by atoms with Crippen molar-refractivity contribution in [2.45, 2.75) is 37.6 Å². The van der Waals surface area contributed by atoms with E-state index in [0.717, 1.165) is 56.3 Å². The molecule has 1 N–H and O–H groups in total. The van der Waals surface area contributed by atoms with Crippen molar-refractivity contribution in [1.29, 1.82) is 5.26 Å². The van der Waals surface area contributed by atoms with Crippen LogP contribution >= 0.6 is 11.6 Å². The third-order valence-corrected chi connectivity index (χ3v) is 5.51. The highest BCUT2D eigenvalue weighted by atomic mass is 35.5. The standard InChI is InChI=1S/C23H27ClN2O2/c24-21-7-4-6-20(16-21)23(9-13-27-14-10-23)18-26-17-19-5-3-8-22(15-19)28-12-2-1-11-25/h3-8,15-16,26H,1-2,9-10,12-14,17-18H2. The van der Waals surface area contributed by atoms with Crippen molar-refractivity contribution >= 4 is 11.6 Å². The minimum Gasteiger partial charge on any atom is -0.494 e. The molecule has 148 valence electrons. The summed E-state index contributed by atoms with van der Waals surface area (Å²) in [6, 6.07) is 18.5. The van der Waals surface area contributed by atoms with Gasteiger partial charge in [-0.3, -0.25) is 0 Å². The molecular formula is C23H27ClN2O2. The molecule has 5 heteroatoms. The number of hydrogen-bond donors (Lipinski definition) is 1. The zero-order chi connectivity index (χ0) is 19.7. The number of unbranched alkanes of at least 4 members (excludes halogenated alkanes) is 1. The molecule has 1 fully saturated rings. The van der Waals surface area contributed by atoms with Crippen molar-refractivity contribution in [2.24, 2.45) is 0 Å². The van der Waals surface area contributed by atoms with E-state index in [-0.39, 0.29) is 5.41 Å². The minimum atomic E-state index is 0.0502. The van der Waals surface area contributed by atoms with Gasteiger partial charge in [-0.25, -0.2) is 0 Å². The molecule has 28 heavy (non-hydrogen) atoms. The molecule has 0 saturated carbocycles. The number of hydrogen-bond acceptors (Lipinski definition) is 4. The summed E-state index contributed by atoms with van der Waals surface area (Å²) in [5, 5.41) is 13.0. The first-order valence-corrected chi connectivity index (χ1v) is 10.2. The smallest absolute Gasteiger partial charge is 0.119 e. The van der Waals surface area contributed by atoms with E-state index in [0.29, 0.717) is 13.0 Å².